The van der Waals surface area contributed by atoms with Gasteiger partial charge < -0.3 is 20.2 Å². The molecule has 1 aliphatic rings. The molecule has 0 saturated carbocycles. The lowest BCUT2D eigenvalue weighted by molar-refractivity contribution is -0.110. The van der Waals surface area contributed by atoms with Crippen LogP contribution in [0.4, 0.5) is 11.9 Å². The first-order valence-corrected chi connectivity index (χ1v) is 17.2. The maximum Gasteiger partial charge on any atom is 0.276 e. The largest absolute Gasteiger partial charge is 0.402 e. The summed E-state index contributed by atoms with van der Waals surface area (Å²) in [6.07, 6.45) is 3.35. The van der Waals surface area contributed by atoms with Crippen LogP contribution in [0.15, 0.2) is 64.8 Å². The average Bonchev–Trinajstić information content (AvgIpc) is 3.72. The molecule has 13 heteroatoms. The Morgan fingerprint density at radius 1 is 0.939 bits per heavy atom. The minimum Gasteiger partial charge on any atom is -0.402 e. The van der Waals surface area contributed by atoms with Gasteiger partial charge in [0.25, 0.3) is 5.91 Å². The van der Waals surface area contributed by atoms with Crippen molar-refractivity contribution >= 4 is 45.6 Å². The number of imidazole rings is 2. The van der Waals surface area contributed by atoms with E-state index in [4.69, 9.17) is 25.6 Å². The molecule has 258 valence electrons. The summed E-state index contributed by atoms with van der Waals surface area (Å²) in [5, 5.41) is 11.4. The van der Waals surface area contributed by atoms with Crippen molar-refractivity contribution in [3.05, 3.63) is 76.8 Å². The van der Waals surface area contributed by atoms with E-state index in [2.05, 4.69) is 54.5 Å². The lowest BCUT2D eigenvalue weighted by Gasteiger charge is -2.15. The lowest BCUT2D eigenvalue weighted by Crippen LogP contribution is -2.29. The first-order chi connectivity index (χ1) is 23.8. The van der Waals surface area contributed by atoms with E-state index in [1.54, 1.807) is 0 Å². The number of aliphatic imine (C=N–C) groups is 1. The van der Waals surface area contributed by atoms with Crippen LogP contribution in [0.25, 0.3) is 22.1 Å². The fourth-order valence-electron chi connectivity index (χ4n) is 6.40. The second-order valence-corrected chi connectivity index (χ2v) is 12.5. The van der Waals surface area contributed by atoms with Gasteiger partial charge in [0.15, 0.2) is 0 Å². The van der Waals surface area contributed by atoms with E-state index >= 15 is 0 Å². The number of carbonyl (C=O) groups is 1. The summed E-state index contributed by atoms with van der Waals surface area (Å²) in [7, 11) is 0. The normalized spacial score (nSPS) is 18.0. The van der Waals surface area contributed by atoms with Crippen molar-refractivity contribution in [2.45, 2.75) is 79.6 Å². The van der Waals surface area contributed by atoms with Crippen LogP contribution < -0.4 is 21.8 Å². The van der Waals surface area contributed by atoms with Crippen LogP contribution in [-0.2, 0) is 35.9 Å². The highest BCUT2D eigenvalue weighted by Gasteiger charge is 2.22. The number of hydrogen-bond donors (Lipinski definition) is 4. The molecule has 49 heavy (non-hydrogen) atoms. The van der Waals surface area contributed by atoms with Gasteiger partial charge in [0.2, 0.25) is 11.9 Å². The number of aryl methyl sites for hydroxylation is 3. The third kappa shape index (κ3) is 7.84. The number of nitrogens with one attached hydrogen (secondary N) is 3. The predicted molar refractivity (Wildman–Crippen MR) is 194 cm³/mol. The average molecular weight is 666 g/mol. The van der Waals surface area contributed by atoms with Gasteiger partial charge in [0.05, 0.1) is 33.5 Å². The molecule has 0 spiro atoms. The maximum atomic E-state index is 13.9. The Morgan fingerprint density at radius 2 is 1.69 bits per heavy atom. The van der Waals surface area contributed by atoms with Crippen molar-refractivity contribution in [3.8, 4) is 0 Å². The van der Waals surface area contributed by atoms with E-state index in [1.165, 1.54) is 0 Å². The first-order valence-electron chi connectivity index (χ1n) is 17.2. The third-order valence-corrected chi connectivity index (χ3v) is 8.77. The summed E-state index contributed by atoms with van der Waals surface area (Å²) in [6, 6.07) is 16.3. The van der Waals surface area contributed by atoms with Crippen molar-refractivity contribution in [2.75, 3.05) is 30.4 Å². The molecule has 0 bridgehead atoms. The number of anilines is 2. The molecule has 5 N–H and O–H groups in total. The number of nitrogens with two attached hydrogens (primary N) is 1. The smallest absolute Gasteiger partial charge is 0.276 e. The molecular formula is C36H47N11O2. The molecule has 13 nitrogen and oxygen atoms in total. The van der Waals surface area contributed by atoms with Crippen molar-refractivity contribution < 1.29 is 9.63 Å². The van der Waals surface area contributed by atoms with E-state index in [-0.39, 0.29) is 5.91 Å². The van der Waals surface area contributed by atoms with Crippen LogP contribution in [0.2, 0.25) is 0 Å². The van der Waals surface area contributed by atoms with Gasteiger partial charge in [-0.1, -0.05) is 24.6 Å². The zero-order valence-corrected chi connectivity index (χ0v) is 28.9. The number of para-hydroxylation sites is 2. The van der Waals surface area contributed by atoms with E-state index in [9.17, 15) is 4.79 Å². The van der Waals surface area contributed by atoms with Crippen LogP contribution in [0.5, 0.6) is 0 Å². The molecule has 2 aromatic carbocycles. The topological polar surface area (TPSA) is 154 Å². The van der Waals surface area contributed by atoms with Gasteiger partial charge in [0, 0.05) is 50.5 Å². The molecular weight excluding hydrogens is 618 g/mol. The molecule has 1 aliphatic heterocycles. The van der Waals surface area contributed by atoms with Crippen LogP contribution in [0, 0.1) is 13.8 Å². The Morgan fingerprint density at radius 3 is 2.49 bits per heavy atom. The van der Waals surface area contributed by atoms with Gasteiger partial charge in [0.1, 0.15) is 12.3 Å². The molecule has 3 aromatic heterocycles. The fraction of sp³-hybridized carbons (Fsp3) is 0.417. The second kappa shape index (κ2) is 15.5. The van der Waals surface area contributed by atoms with Crippen molar-refractivity contribution in [3.63, 3.8) is 0 Å². The zero-order valence-electron chi connectivity index (χ0n) is 28.9. The highest BCUT2D eigenvalue weighted by Crippen LogP contribution is 2.23. The third-order valence-electron chi connectivity index (χ3n) is 8.77. The van der Waals surface area contributed by atoms with Crippen molar-refractivity contribution in [1.82, 2.24) is 34.2 Å². The summed E-state index contributed by atoms with van der Waals surface area (Å²) in [5.74, 6) is 0.830. The predicted octanol–water partition coefficient (Wildman–Crippen LogP) is 5.24. The van der Waals surface area contributed by atoms with Gasteiger partial charge in [-0.3, -0.25) is 24.6 Å². The SMILES string of the molecule is CCN=C1C(=O)Nc2nc3cc(C)ccc3n2CCNCCn2c(nc3ccccc32)NOCc2cc(C)nn2CCCCCC1=C(C)N. The Hall–Kier alpha value is -5.01. The molecule has 0 fully saturated rings. The highest BCUT2D eigenvalue weighted by atomic mass is 16.6. The Bertz CT molecular complexity index is 1990. The first kappa shape index (κ1) is 33.9. The van der Waals surface area contributed by atoms with E-state index in [1.807, 2.05) is 56.6 Å². The molecule has 1 amide bonds. The van der Waals surface area contributed by atoms with E-state index in [0.717, 1.165) is 70.4 Å². The highest BCUT2D eigenvalue weighted by molar-refractivity contribution is 6.48. The lowest BCUT2D eigenvalue weighted by atomic mass is 10.00. The molecule has 0 radical (unpaired) electrons. The second-order valence-electron chi connectivity index (χ2n) is 12.5. The fourth-order valence-corrected chi connectivity index (χ4v) is 6.40. The summed E-state index contributed by atoms with van der Waals surface area (Å²) in [6.45, 7) is 12.0. The maximum absolute atomic E-state index is 13.9. The Kier molecular flexibility index (Phi) is 10.7. The van der Waals surface area contributed by atoms with Gasteiger partial charge in [-0.2, -0.15) is 5.10 Å². The number of fused-ring (bicyclic) bond motifs is 7. The zero-order chi connectivity index (χ0) is 34.3. The van der Waals surface area contributed by atoms with Crippen LogP contribution in [0.1, 0.15) is 56.5 Å². The molecule has 0 unspecified atom stereocenters. The number of aromatic nitrogens is 6. The molecule has 5 aromatic rings. The van der Waals surface area contributed by atoms with Crippen molar-refractivity contribution in [2.24, 2.45) is 10.7 Å². The standard InChI is InChI=1S/C36H47N11O2/c1-5-39-33-28(26(4)37)11-7-6-10-18-47-27(22-25(3)43-47)23-49-44-36-40-29-12-8-9-13-31(29)46(36)20-17-38-16-19-45-32-15-14-24(2)21-30(32)41-35(45)42-34(33)48/h8-9,12-15,21-22,38H,5-7,10-11,16-20,23,37H2,1-4H3,(H,40,44)(H,41,42,48). The summed E-state index contributed by atoms with van der Waals surface area (Å²) in [5.41, 5.74) is 18.0. The van der Waals surface area contributed by atoms with Gasteiger partial charge >= 0.3 is 0 Å². The van der Waals surface area contributed by atoms with E-state index in [0.29, 0.717) is 69.1 Å². The van der Waals surface area contributed by atoms with Crippen LogP contribution in [-0.4, -0.2) is 60.1 Å². The molecule has 6 rings (SSSR count). The molecule has 0 saturated heterocycles. The minimum absolute atomic E-state index is 0.301. The number of benzene rings is 2. The number of carbonyl (C=O) groups excluding carboxylic acids is 1. The van der Waals surface area contributed by atoms with Gasteiger partial charge in [-0.05, 0) is 82.9 Å². The summed E-state index contributed by atoms with van der Waals surface area (Å²) < 4.78 is 6.19. The quantitative estimate of drug-likeness (QED) is 0.190. The number of hydrogen-bond acceptors (Lipinski definition) is 9. The Balaban J connectivity index is 1.29. The number of rotatable bonds is 1. The van der Waals surface area contributed by atoms with Crippen LogP contribution in [0.3, 0.4) is 0 Å². The van der Waals surface area contributed by atoms with Crippen LogP contribution >= 0.6 is 0 Å². The number of amides is 1. The number of nitrogens with zero attached hydrogens (tertiary/aromatic N) is 7. The Labute approximate surface area is 286 Å². The molecule has 4 heterocycles. The monoisotopic (exact) mass is 665 g/mol. The van der Waals surface area contributed by atoms with Gasteiger partial charge in [-0.15, -0.1) is 0 Å². The molecule has 0 aliphatic carbocycles. The summed E-state index contributed by atoms with van der Waals surface area (Å²) in [4.78, 5) is 34.2. The number of allylic oxidation sites excluding steroid dienone is 1. The van der Waals surface area contributed by atoms with Gasteiger partial charge in [-0.25, -0.2) is 15.4 Å². The molecule has 0 atom stereocenters. The van der Waals surface area contributed by atoms with E-state index < -0.39 is 0 Å². The van der Waals surface area contributed by atoms with Crippen molar-refractivity contribution in [1.29, 1.82) is 0 Å². The summed E-state index contributed by atoms with van der Waals surface area (Å²) >= 11 is 0. The minimum atomic E-state index is -0.301.